The van der Waals surface area contributed by atoms with E-state index < -0.39 is 0 Å². The van der Waals surface area contributed by atoms with E-state index in [1.165, 1.54) is 77.5 Å². The third-order valence-corrected chi connectivity index (χ3v) is 11.7. The van der Waals surface area contributed by atoms with Crippen LogP contribution >= 0.6 is 0 Å². The first kappa shape index (κ1) is 25.7. The van der Waals surface area contributed by atoms with Gasteiger partial charge in [0, 0.05) is 16.5 Å². The summed E-state index contributed by atoms with van der Waals surface area (Å²) in [6.07, 6.45) is 12.7. The van der Waals surface area contributed by atoms with Crippen molar-refractivity contribution in [3.63, 3.8) is 0 Å². The standard InChI is InChI=1S/C41H41NO/c1-26-22-28-24-27(2)41(29(23-26)25-28)34-17-8-6-14-31(34)32-16-10-19-36(40(32)41)42(30-12-4-3-5-13-30)35-18-11-21-38-39(35)33-15-7-9-20-37(33)43-38/h6-12,14-21,26-29H,3-5,13,22-25H2,1-2H3. The van der Waals surface area contributed by atoms with Crippen LogP contribution in [-0.4, -0.2) is 0 Å². The van der Waals surface area contributed by atoms with Crippen molar-refractivity contribution >= 4 is 33.3 Å². The van der Waals surface area contributed by atoms with Gasteiger partial charge >= 0.3 is 0 Å². The van der Waals surface area contributed by atoms with Crippen molar-refractivity contribution in [3.8, 4) is 11.1 Å². The second-order valence-electron chi connectivity index (χ2n) is 14.2. The fraction of sp³-hybridized carbons (Fsp3) is 0.366. The average Bonchev–Trinajstić information content (AvgIpc) is 3.56. The van der Waals surface area contributed by atoms with E-state index in [0.717, 1.165) is 35.8 Å². The maximum absolute atomic E-state index is 6.46. The van der Waals surface area contributed by atoms with E-state index in [1.807, 2.05) is 0 Å². The molecule has 2 saturated carbocycles. The van der Waals surface area contributed by atoms with E-state index in [9.17, 15) is 0 Å². The number of benzene rings is 4. The summed E-state index contributed by atoms with van der Waals surface area (Å²) >= 11 is 0. The number of para-hydroxylation sites is 1. The van der Waals surface area contributed by atoms with E-state index in [1.54, 1.807) is 11.1 Å². The molecule has 4 aliphatic carbocycles. The van der Waals surface area contributed by atoms with Crippen LogP contribution in [0.1, 0.15) is 76.3 Å². The lowest BCUT2D eigenvalue weighted by Crippen LogP contribution is -2.49. The van der Waals surface area contributed by atoms with Gasteiger partial charge in [-0.05, 0) is 122 Å². The molecule has 2 heteroatoms. The summed E-state index contributed by atoms with van der Waals surface area (Å²) < 4.78 is 6.46. The van der Waals surface area contributed by atoms with Gasteiger partial charge in [-0.1, -0.05) is 80.6 Å². The molecule has 2 nitrogen and oxygen atoms in total. The molecular weight excluding hydrogens is 522 g/mol. The van der Waals surface area contributed by atoms with Gasteiger partial charge in [0.25, 0.3) is 0 Å². The van der Waals surface area contributed by atoms with Crippen molar-refractivity contribution in [1.82, 2.24) is 0 Å². The Morgan fingerprint density at radius 2 is 1.51 bits per heavy atom. The molecule has 5 atom stereocenters. The van der Waals surface area contributed by atoms with Gasteiger partial charge in [-0.3, -0.25) is 0 Å². The molecular formula is C41H41NO. The highest BCUT2D eigenvalue weighted by atomic mass is 16.3. The van der Waals surface area contributed by atoms with Crippen LogP contribution in [0.3, 0.4) is 0 Å². The van der Waals surface area contributed by atoms with E-state index in [4.69, 9.17) is 4.42 Å². The minimum absolute atomic E-state index is 0.0353. The predicted octanol–water partition coefficient (Wildman–Crippen LogP) is 11.5. The Morgan fingerprint density at radius 3 is 2.42 bits per heavy atom. The Kier molecular flexibility index (Phi) is 5.74. The van der Waals surface area contributed by atoms with Gasteiger partial charge in [0.2, 0.25) is 0 Å². The lowest BCUT2D eigenvalue weighted by atomic mass is 9.49. The number of hydrogen-bond donors (Lipinski definition) is 0. The number of rotatable bonds is 3. The average molecular weight is 564 g/mol. The van der Waals surface area contributed by atoms with E-state index in [2.05, 4.69) is 110 Å². The Bertz CT molecular complexity index is 1910. The van der Waals surface area contributed by atoms with Crippen molar-refractivity contribution in [2.45, 2.75) is 70.6 Å². The normalized spacial score (nSPS) is 27.7. The Morgan fingerprint density at radius 1 is 0.721 bits per heavy atom. The first-order valence-electron chi connectivity index (χ1n) is 16.8. The maximum atomic E-state index is 6.46. The first-order valence-corrected chi connectivity index (χ1v) is 16.8. The Balaban J connectivity index is 1.37. The second kappa shape index (κ2) is 9.61. The van der Waals surface area contributed by atoms with Crippen molar-refractivity contribution in [2.24, 2.45) is 23.7 Å². The monoisotopic (exact) mass is 563 g/mol. The van der Waals surface area contributed by atoms with Gasteiger partial charge in [0.15, 0.2) is 0 Å². The van der Waals surface area contributed by atoms with Crippen LogP contribution in [0.15, 0.2) is 101 Å². The molecule has 1 heterocycles. The van der Waals surface area contributed by atoms with E-state index in [-0.39, 0.29) is 5.41 Å². The van der Waals surface area contributed by atoms with E-state index in [0.29, 0.717) is 11.8 Å². The zero-order valence-electron chi connectivity index (χ0n) is 25.5. The highest BCUT2D eigenvalue weighted by molar-refractivity contribution is 6.13. The second-order valence-corrected chi connectivity index (χ2v) is 14.2. The molecule has 5 aromatic rings. The van der Waals surface area contributed by atoms with E-state index >= 15 is 0 Å². The summed E-state index contributed by atoms with van der Waals surface area (Å²) in [6.45, 7) is 5.10. The number of anilines is 2. The lowest BCUT2D eigenvalue weighted by molar-refractivity contribution is 0.0428. The molecule has 9 rings (SSSR count). The van der Waals surface area contributed by atoms with Gasteiger partial charge in [-0.2, -0.15) is 0 Å². The summed E-state index contributed by atoms with van der Waals surface area (Å²) in [7, 11) is 0. The van der Waals surface area contributed by atoms with Crippen molar-refractivity contribution in [2.75, 3.05) is 4.90 Å². The molecule has 2 bridgehead atoms. The minimum atomic E-state index is 0.0353. The van der Waals surface area contributed by atoms with Crippen LogP contribution in [0.2, 0.25) is 0 Å². The zero-order valence-corrected chi connectivity index (χ0v) is 25.5. The van der Waals surface area contributed by atoms with Crippen LogP contribution in [0.4, 0.5) is 11.4 Å². The molecule has 5 unspecified atom stereocenters. The number of fused-ring (bicyclic) bond motifs is 11. The molecule has 0 saturated heterocycles. The summed E-state index contributed by atoms with van der Waals surface area (Å²) in [6, 6.07) is 31.9. The van der Waals surface area contributed by atoms with Gasteiger partial charge in [-0.25, -0.2) is 0 Å². The highest BCUT2D eigenvalue weighted by Gasteiger charge is 2.57. The van der Waals surface area contributed by atoms with Gasteiger partial charge in [0.1, 0.15) is 11.2 Å². The largest absolute Gasteiger partial charge is 0.456 e. The van der Waals surface area contributed by atoms with Crippen LogP contribution in [0.25, 0.3) is 33.1 Å². The molecule has 4 aliphatic rings. The molecule has 1 spiro atoms. The highest BCUT2D eigenvalue weighted by Crippen LogP contribution is 2.66. The topological polar surface area (TPSA) is 16.4 Å². The molecule has 43 heavy (non-hydrogen) atoms. The van der Waals surface area contributed by atoms with Crippen molar-refractivity contribution < 1.29 is 4.42 Å². The molecule has 1 aromatic heterocycles. The van der Waals surface area contributed by atoms with Crippen molar-refractivity contribution in [3.05, 3.63) is 108 Å². The van der Waals surface area contributed by atoms with Crippen molar-refractivity contribution in [1.29, 1.82) is 0 Å². The predicted molar refractivity (Wildman–Crippen MR) is 179 cm³/mol. The number of hydrogen-bond acceptors (Lipinski definition) is 2. The molecule has 0 radical (unpaired) electrons. The summed E-state index contributed by atoms with van der Waals surface area (Å²) in [5.74, 6) is 2.92. The Hall–Kier alpha value is -3.78. The maximum Gasteiger partial charge on any atom is 0.137 e. The van der Waals surface area contributed by atoms with Crippen LogP contribution in [0, 0.1) is 23.7 Å². The fourth-order valence-electron chi connectivity index (χ4n) is 10.3. The molecule has 2 fully saturated rings. The van der Waals surface area contributed by atoms with Gasteiger partial charge < -0.3 is 9.32 Å². The van der Waals surface area contributed by atoms with Crippen LogP contribution in [-0.2, 0) is 5.41 Å². The SMILES string of the molecule is CC1CC2CC(C)C3(c4ccccc4-c4cccc(N(C5=CCCCC5)c5cccc6oc7ccccc7c56)c43)C(C1)C2. The lowest BCUT2D eigenvalue weighted by Gasteiger charge is -2.55. The number of allylic oxidation sites excluding steroid dienone is 2. The quantitative estimate of drug-likeness (QED) is 0.217. The summed E-state index contributed by atoms with van der Waals surface area (Å²) in [5, 5.41) is 2.44. The number of furan rings is 1. The first-order chi connectivity index (χ1) is 21.1. The zero-order chi connectivity index (χ0) is 28.7. The molecule has 0 N–H and O–H groups in total. The minimum Gasteiger partial charge on any atom is -0.456 e. The fourth-order valence-corrected chi connectivity index (χ4v) is 10.3. The number of nitrogens with zero attached hydrogens (tertiary/aromatic N) is 1. The molecule has 0 amide bonds. The molecule has 216 valence electrons. The third kappa shape index (κ3) is 3.59. The smallest absolute Gasteiger partial charge is 0.137 e. The van der Waals surface area contributed by atoms with Crippen LogP contribution < -0.4 is 4.90 Å². The molecule has 0 aliphatic heterocycles. The summed E-state index contributed by atoms with van der Waals surface area (Å²) in [5.41, 5.74) is 12.2. The summed E-state index contributed by atoms with van der Waals surface area (Å²) in [4.78, 5) is 2.68. The van der Waals surface area contributed by atoms with Gasteiger partial charge in [-0.15, -0.1) is 0 Å². The van der Waals surface area contributed by atoms with Gasteiger partial charge in [0.05, 0.1) is 16.8 Å². The molecule has 4 aromatic carbocycles. The Labute approximate surface area is 255 Å². The third-order valence-electron chi connectivity index (χ3n) is 11.7. The van der Waals surface area contributed by atoms with Crippen LogP contribution in [0.5, 0.6) is 0 Å².